The number of Topliss-reactive ketones (excluding diaryl/α,β-unsaturated/α-hetero) is 1. The maximum atomic E-state index is 13.1. The summed E-state index contributed by atoms with van der Waals surface area (Å²) in [5.41, 5.74) is 2.01. The van der Waals surface area contributed by atoms with Gasteiger partial charge in [0.1, 0.15) is 17.2 Å². The second kappa shape index (κ2) is 8.66. The lowest BCUT2D eigenvalue weighted by atomic mass is 10.2. The summed E-state index contributed by atoms with van der Waals surface area (Å²) in [6.07, 6.45) is 7.49. The molecule has 1 saturated heterocycles. The molecule has 0 bridgehead atoms. The molecule has 1 aliphatic carbocycles. The topological polar surface area (TPSA) is 105 Å². The molecule has 166 valence electrons. The van der Waals surface area contributed by atoms with Gasteiger partial charge in [-0.15, -0.1) is 0 Å². The highest BCUT2D eigenvalue weighted by Gasteiger charge is 2.24. The second-order valence-electron chi connectivity index (χ2n) is 8.45. The third kappa shape index (κ3) is 3.95. The summed E-state index contributed by atoms with van der Waals surface area (Å²) in [4.78, 5) is 40.7. The van der Waals surface area contributed by atoms with Crippen LogP contribution in [0.4, 0.5) is 17.3 Å². The molecule has 5 rings (SSSR count). The Morgan fingerprint density at radius 1 is 1.09 bits per heavy atom. The van der Waals surface area contributed by atoms with Crippen molar-refractivity contribution in [2.45, 2.75) is 38.6 Å². The molecule has 3 aromatic heterocycles. The van der Waals surface area contributed by atoms with E-state index >= 15 is 0 Å². The van der Waals surface area contributed by atoms with E-state index < -0.39 is 0 Å². The summed E-state index contributed by atoms with van der Waals surface area (Å²) in [5.74, 6) is 0.946. The first-order chi connectivity index (χ1) is 15.6. The van der Waals surface area contributed by atoms with Crippen LogP contribution in [0.2, 0.25) is 0 Å². The molecule has 0 spiro atoms. The number of ketones is 1. The van der Waals surface area contributed by atoms with Crippen LogP contribution in [-0.2, 0) is 0 Å². The fourth-order valence-corrected chi connectivity index (χ4v) is 4.63. The SMILES string of the molecule is CC(=O)c1nc2cnc(Nc3ccc(N4CCNCC4)cn3)cc2n(C2CCCC2)c1=O. The van der Waals surface area contributed by atoms with Gasteiger partial charge in [-0.1, -0.05) is 12.8 Å². The molecule has 1 aliphatic heterocycles. The standard InChI is InChI=1S/C23H27N7O2/c1-15(31)22-23(32)30(16-4-2-3-5-16)19-12-21(26-14-18(19)27-22)28-20-7-6-17(13-25-20)29-10-8-24-9-11-29/h6-7,12-14,16,24H,2-5,8-11H2,1H3,(H,25,26,28). The number of piperazine rings is 1. The van der Waals surface area contributed by atoms with Crippen molar-refractivity contribution in [3.8, 4) is 0 Å². The first-order valence-corrected chi connectivity index (χ1v) is 11.2. The predicted octanol–water partition coefficient (Wildman–Crippen LogP) is 2.66. The lowest BCUT2D eigenvalue weighted by Gasteiger charge is -2.29. The van der Waals surface area contributed by atoms with Gasteiger partial charge < -0.3 is 20.1 Å². The van der Waals surface area contributed by atoms with E-state index in [0.29, 0.717) is 22.7 Å². The number of pyridine rings is 2. The van der Waals surface area contributed by atoms with Crippen molar-refractivity contribution in [2.75, 3.05) is 36.4 Å². The van der Waals surface area contributed by atoms with Crippen molar-refractivity contribution in [3.05, 3.63) is 46.6 Å². The molecule has 1 saturated carbocycles. The van der Waals surface area contributed by atoms with Gasteiger partial charge in [-0.05, 0) is 25.0 Å². The third-order valence-electron chi connectivity index (χ3n) is 6.28. The van der Waals surface area contributed by atoms with E-state index in [9.17, 15) is 9.59 Å². The van der Waals surface area contributed by atoms with Crippen molar-refractivity contribution in [1.29, 1.82) is 0 Å². The van der Waals surface area contributed by atoms with Crippen LogP contribution in [0.15, 0.2) is 35.4 Å². The number of nitrogens with zero attached hydrogens (tertiary/aromatic N) is 5. The van der Waals surface area contributed by atoms with E-state index in [1.54, 1.807) is 10.8 Å². The highest BCUT2D eigenvalue weighted by Crippen LogP contribution is 2.31. The van der Waals surface area contributed by atoms with Gasteiger partial charge in [-0.2, -0.15) is 0 Å². The normalized spacial score (nSPS) is 17.1. The highest BCUT2D eigenvalue weighted by molar-refractivity contribution is 5.93. The first-order valence-electron chi connectivity index (χ1n) is 11.2. The van der Waals surface area contributed by atoms with Gasteiger partial charge in [-0.25, -0.2) is 15.0 Å². The minimum atomic E-state index is -0.320. The Hall–Kier alpha value is -3.33. The van der Waals surface area contributed by atoms with Crippen molar-refractivity contribution in [3.63, 3.8) is 0 Å². The molecule has 2 fully saturated rings. The van der Waals surface area contributed by atoms with Crippen LogP contribution in [0.25, 0.3) is 11.0 Å². The highest BCUT2D eigenvalue weighted by atomic mass is 16.1. The number of rotatable bonds is 5. The van der Waals surface area contributed by atoms with Gasteiger partial charge in [0.25, 0.3) is 5.56 Å². The molecule has 9 heteroatoms. The summed E-state index contributed by atoms with van der Waals surface area (Å²) in [6, 6.07) is 5.90. The van der Waals surface area contributed by atoms with Crippen LogP contribution >= 0.6 is 0 Å². The molecule has 0 amide bonds. The quantitative estimate of drug-likeness (QED) is 0.592. The summed E-state index contributed by atoms with van der Waals surface area (Å²) in [6.45, 7) is 5.27. The Morgan fingerprint density at radius 3 is 2.53 bits per heavy atom. The monoisotopic (exact) mass is 433 g/mol. The number of aromatic nitrogens is 4. The number of carbonyl (C=O) groups is 1. The summed E-state index contributed by atoms with van der Waals surface area (Å²) >= 11 is 0. The van der Waals surface area contributed by atoms with Gasteiger partial charge in [0, 0.05) is 45.2 Å². The molecule has 2 aliphatic rings. The minimum Gasteiger partial charge on any atom is -0.368 e. The Morgan fingerprint density at radius 2 is 1.84 bits per heavy atom. The number of anilines is 3. The van der Waals surface area contributed by atoms with E-state index in [1.807, 2.05) is 18.3 Å². The lowest BCUT2D eigenvalue weighted by molar-refractivity contribution is 0.101. The zero-order valence-corrected chi connectivity index (χ0v) is 18.2. The van der Waals surface area contributed by atoms with Crippen molar-refractivity contribution in [2.24, 2.45) is 0 Å². The van der Waals surface area contributed by atoms with Gasteiger partial charge in [0.2, 0.25) is 0 Å². The van der Waals surface area contributed by atoms with Gasteiger partial charge in [0.15, 0.2) is 11.5 Å². The molecular weight excluding hydrogens is 406 g/mol. The van der Waals surface area contributed by atoms with Crippen molar-refractivity contribution < 1.29 is 4.79 Å². The fraction of sp³-hybridized carbons (Fsp3) is 0.435. The summed E-state index contributed by atoms with van der Waals surface area (Å²) in [7, 11) is 0. The molecule has 0 atom stereocenters. The largest absolute Gasteiger partial charge is 0.368 e. The lowest BCUT2D eigenvalue weighted by Crippen LogP contribution is -2.43. The van der Waals surface area contributed by atoms with E-state index in [-0.39, 0.29) is 23.1 Å². The number of carbonyl (C=O) groups excluding carboxylic acids is 1. The molecule has 9 nitrogen and oxygen atoms in total. The van der Waals surface area contributed by atoms with Gasteiger partial charge in [-0.3, -0.25) is 9.59 Å². The van der Waals surface area contributed by atoms with Crippen LogP contribution in [-0.4, -0.2) is 51.5 Å². The first kappa shape index (κ1) is 20.6. The molecular formula is C23H27N7O2. The Labute approximate surface area is 185 Å². The molecule has 0 aromatic carbocycles. The van der Waals surface area contributed by atoms with Gasteiger partial charge in [0.05, 0.1) is 23.6 Å². The molecule has 2 N–H and O–H groups in total. The zero-order chi connectivity index (χ0) is 22.1. The third-order valence-corrected chi connectivity index (χ3v) is 6.28. The van der Waals surface area contributed by atoms with Crippen molar-refractivity contribution >= 4 is 34.1 Å². The van der Waals surface area contributed by atoms with E-state index in [1.165, 1.54) is 6.92 Å². The van der Waals surface area contributed by atoms with Crippen LogP contribution in [0.5, 0.6) is 0 Å². The Bertz CT molecular complexity index is 1190. The fourth-order valence-electron chi connectivity index (χ4n) is 4.63. The van der Waals surface area contributed by atoms with E-state index in [2.05, 4.69) is 36.6 Å². The molecule has 3 aromatic rings. The van der Waals surface area contributed by atoms with E-state index in [0.717, 1.165) is 57.5 Å². The average molecular weight is 434 g/mol. The Kier molecular flexibility index (Phi) is 5.57. The number of hydrogen-bond donors (Lipinski definition) is 2. The zero-order valence-electron chi connectivity index (χ0n) is 18.2. The number of fused-ring (bicyclic) bond motifs is 1. The molecule has 0 radical (unpaired) electrons. The molecule has 4 heterocycles. The van der Waals surface area contributed by atoms with Crippen LogP contribution < -0.4 is 21.1 Å². The summed E-state index contributed by atoms with van der Waals surface area (Å²) < 4.78 is 1.75. The second-order valence-corrected chi connectivity index (χ2v) is 8.45. The van der Waals surface area contributed by atoms with Crippen LogP contribution in [0.3, 0.4) is 0 Å². The van der Waals surface area contributed by atoms with Crippen LogP contribution in [0, 0.1) is 0 Å². The maximum Gasteiger partial charge on any atom is 0.280 e. The average Bonchev–Trinajstić information content (AvgIpc) is 3.34. The summed E-state index contributed by atoms with van der Waals surface area (Å²) in [5, 5.41) is 6.59. The number of nitrogens with one attached hydrogen (secondary N) is 2. The smallest absolute Gasteiger partial charge is 0.280 e. The predicted molar refractivity (Wildman–Crippen MR) is 124 cm³/mol. The van der Waals surface area contributed by atoms with Crippen LogP contribution in [0.1, 0.15) is 49.1 Å². The van der Waals surface area contributed by atoms with Gasteiger partial charge >= 0.3 is 0 Å². The maximum absolute atomic E-state index is 13.1. The van der Waals surface area contributed by atoms with Crippen molar-refractivity contribution in [1.82, 2.24) is 24.8 Å². The molecule has 32 heavy (non-hydrogen) atoms. The van der Waals surface area contributed by atoms with E-state index in [4.69, 9.17) is 0 Å². The molecule has 0 unspecified atom stereocenters. The Balaban J connectivity index is 1.47. The number of hydrogen-bond acceptors (Lipinski definition) is 8. The minimum absolute atomic E-state index is 0.0166.